The maximum absolute atomic E-state index is 13.4. The predicted octanol–water partition coefficient (Wildman–Crippen LogP) is 23.7. The summed E-state index contributed by atoms with van der Waals surface area (Å²) in [6.07, 6.45) is 19.7. The van der Waals surface area contributed by atoms with Gasteiger partial charge in [0, 0.05) is 174 Å². The number of aldehydes is 1. The van der Waals surface area contributed by atoms with E-state index < -0.39 is 15.9 Å². The first-order valence-corrected chi connectivity index (χ1v) is 41.1. The summed E-state index contributed by atoms with van der Waals surface area (Å²) >= 11 is 0. The molecule has 0 fully saturated rings. The number of hydrogen-bond donors (Lipinski definition) is 7. The van der Waals surface area contributed by atoms with E-state index in [0.29, 0.717) is 102 Å². The lowest BCUT2D eigenvalue weighted by Gasteiger charge is -2.10. The third-order valence-corrected chi connectivity index (χ3v) is 20.2. The Bertz CT molecular complexity index is 7190. The van der Waals surface area contributed by atoms with E-state index >= 15 is 0 Å². The van der Waals surface area contributed by atoms with E-state index in [0.717, 1.165) is 99.3 Å². The third-order valence-electron chi connectivity index (χ3n) is 20.2. The van der Waals surface area contributed by atoms with Crippen molar-refractivity contribution < 1.29 is 65.6 Å². The molecule has 658 valence electrons. The zero-order valence-electron chi connectivity index (χ0n) is 70.5. The monoisotopic (exact) mass is 1770 g/mol. The molecular formula is C102H80F4N14O12. The summed E-state index contributed by atoms with van der Waals surface area (Å²) < 4.78 is 63.5. The summed E-state index contributed by atoms with van der Waals surface area (Å²) in [5, 5.41) is 29.7. The van der Waals surface area contributed by atoms with Gasteiger partial charge in [-0.2, -0.15) is 4.99 Å². The Balaban J connectivity index is 0.000000141. The van der Waals surface area contributed by atoms with E-state index in [-0.39, 0.29) is 57.6 Å². The molecule has 0 spiro atoms. The van der Waals surface area contributed by atoms with Crippen molar-refractivity contribution in [2.45, 2.75) is 39.5 Å². The molecule has 8 aromatic heterocycles. The lowest BCUT2D eigenvalue weighted by molar-refractivity contribution is -0.385. The second-order valence-corrected chi connectivity index (χ2v) is 29.3. The number of hydrogen-bond acceptors (Lipinski definition) is 18. The minimum Gasteiger partial charge on any atom is -0.494 e. The lowest BCUT2D eigenvalue weighted by Crippen LogP contribution is -2.19. The highest BCUT2D eigenvalue weighted by atomic mass is 19.1. The fraction of sp³-hybridized carbons (Fsp3) is 0.0784. The second kappa shape index (κ2) is 44.4. The standard InChI is InChI=1S/C31H27FN4O3.C20H12FN3O3.C20H14FN3O.C13H9FN2.C11H13NO2.C7H5NO3/c1-2-3-15-39-26-13-11-24(12-14-26)35-31(38)36-25-6-4-5-21(16-25)29(37)28-19-34-30-27(28)17-22(18-33-30)20-7-9-23(32)10-8-20;21-15-6-4-12(5-7-15)14-9-17-18(11-23-20(17)22-10-14)19(25)13-2-1-3-16(8-13)24(26)27;21-15-6-4-12(5-7-15)14-9-17-18(11-24-20(17)23-10-14)19(25)13-2-1-3-16(22)8-13;14-12-3-1-9(2-4-12)11-7-10-5-6-15-13(10)16-8-11;1-2-3-8-14-11-6-4-10(5-7-11)12-9-13;9-5-6-2-1-3-7(4-6)8(10)11/h4-14,16-19H,2-3,15H2,1H3,(H,33,34)(H2,35,36,38);1-11H,(H,22,23);1-11H,22H2,(H,23,24);1-8H,(H,15,16);4-7H,2-3,8H2,1H3;1-5H. The molecule has 18 rings (SSSR count). The molecule has 0 bridgehead atoms. The van der Waals surface area contributed by atoms with Gasteiger partial charge in [0.15, 0.2) is 17.3 Å². The van der Waals surface area contributed by atoms with Crippen LogP contribution >= 0.6 is 0 Å². The van der Waals surface area contributed by atoms with Crippen LogP contribution in [0.1, 0.15) is 97.7 Å². The number of fused-ring (bicyclic) bond motifs is 4. The van der Waals surface area contributed by atoms with E-state index in [1.165, 1.54) is 109 Å². The Morgan fingerprint density at radius 3 is 1.24 bits per heavy atom. The number of aromatic nitrogens is 8. The molecule has 0 aliphatic carbocycles. The number of urea groups is 1. The van der Waals surface area contributed by atoms with Crippen LogP contribution in [-0.2, 0) is 4.79 Å². The SMILES string of the molecule is CCCCOc1ccc(N=C=O)cc1.CCCCOc1ccc(NC(=O)Nc2cccc(C(=O)c3c[nH]c4ncc(-c5ccc(F)cc5)cc34)c2)cc1.Fc1ccc(-c2cnc3[nH]ccc3c2)cc1.Nc1cccc(C(=O)c2c[nH]c3ncc(-c4ccc(F)cc4)cc23)c1.O=C(c1cccc([N+](=O)[O-])c1)c1c[nH]c2ncc(-c3ccc(F)cc3)cc12.O=Cc1cccc([N+](=O)[O-])c1. The molecule has 8 heterocycles. The van der Waals surface area contributed by atoms with Gasteiger partial charge in [0.1, 0.15) is 63.6 Å². The van der Waals surface area contributed by atoms with Gasteiger partial charge >= 0.3 is 6.03 Å². The minimum absolute atomic E-state index is 0.0606. The van der Waals surface area contributed by atoms with Gasteiger partial charge in [-0.15, -0.1) is 0 Å². The number of nitro benzene ring substituents is 2. The number of aliphatic imine (C=N–C) groups is 1. The summed E-state index contributed by atoms with van der Waals surface area (Å²) in [5.74, 6) is -0.312. The van der Waals surface area contributed by atoms with E-state index in [4.69, 9.17) is 15.2 Å². The number of nitrogen functional groups attached to an aromatic ring is 1. The average molecular weight is 1770 g/mol. The van der Waals surface area contributed by atoms with Crippen LogP contribution in [0.25, 0.3) is 88.6 Å². The number of rotatable bonds is 24. The van der Waals surface area contributed by atoms with Gasteiger partial charge in [-0.25, -0.2) is 47.1 Å². The van der Waals surface area contributed by atoms with Gasteiger partial charge < -0.3 is 45.8 Å². The molecule has 30 heteroatoms. The highest BCUT2D eigenvalue weighted by Crippen LogP contribution is 2.33. The Kier molecular flexibility index (Phi) is 30.9. The molecule has 8 N–H and O–H groups in total. The largest absolute Gasteiger partial charge is 0.494 e. The Hall–Kier alpha value is -17.8. The van der Waals surface area contributed by atoms with Gasteiger partial charge in [0.25, 0.3) is 11.4 Å². The molecule has 0 radical (unpaired) electrons. The van der Waals surface area contributed by atoms with E-state index in [1.54, 1.807) is 177 Å². The van der Waals surface area contributed by atoms with Crippen LogP contribution in [0.4, 0.5) is 56.5 Å². The number of halogens is 4. The van der Waals surface area contributed by atoms with Crippen molar-refractivity contribution in [3.63, 3.8) is 0 Å². The summed E-state index contributed by atoms with van der Waals surface area (Å²) in [5.41, 5.74) is 19.8. The Labute approximate surface area is 750 Å². The zero-order valence-corrected chi connectivity index (χ0v) is 70.5. The number of unbranched alkanes of at least 4 members (excludes halogenated alkanes) is 2. The van der Waals surface area contributed by atoms with Crippen molar-refractivity contribution in [3.8, 4) is 56.0 Å². The molecule has 0 aliphatic rings. The number of H-pyrrole nitrogens is 4. The number of aromatic amines is 4. The predicted molar refractivity (Wildman–Crippen MR) is 499 cm³/mol. The number of nitrogens with zero attached hydrogens (tertiary/aromatic N) is 7. The highest BCUT2D eigenvalue weighted by molar-refractivity contribution is 6.18. The zero-order chi connectivity index (χ0) is 93.0. The summed E-state index contributed by atoms with van der Waals surface area (Å²) in [6, 6.07) is 72.7. The van der Waals surface area contributed by atoms with Crippen molar-refractivity contribution in [3.05, 3.63) is 405 Å². The number of ketones is 3. The van der Waals surface area contributed by atoms with E-state index in [2.05, 4.69) is 69.3 Å². The lowest BCUT2D eigenvalue weighted by atomic mass is 10.0. The Morgan fingerprint density at radius 1 is 0.432 bits per heavy atom. The van der Waals surface area contributed by atoms with E-state index in [9.17, 15) is 66.6 Å². The number of ether oxygens (including phenoxy) is 2. The van der Waals surface area contributed by atoms with Crippen molar-refractivity contribution in [1.82, 2.24) is 39.9 Å². The van der Waals surface area contributed by atoms with Crippen LogP contribution in [-0.4, -0.2) is 98.7 Å². The van der Waals surface area contributed by atoms with Gasteiger partial charge in [-0.05, 0) is 187 Å². The van der Waals surface area contributed by atoms with Crippen molar-refractivity contribution >= 4 is 114 Å². The quantitative estimate of drug-likeness (QED) is 0.00340. The minimum atomic E-state index is -0.541. The van der Waals surface area contributed by atoms with Crippen molar-refractivity contribution in [1.29, 1.82) is 0 Å². The number of anilines is 3. The normalized spacial score (nSPS) is 10.5. The van der Waals surface area contributed by atoms with Crippen LogP contribution in [0.15, 0.2) is 328 Å². The number of carbonyl (C=O) groups is 5. The number of carbonyl (C=O) groups excluding carboxylic acids is 6. The van der Waals surface area contributed by atoms with Gasteiger partial charge in [0.05, 0.1) is 28.7 Å². The number of nitro groups is 2. The molecule has 0 aliphatic heterocycles. The molecule has 0 saturated carbocycles. The fourth-order valence-corrected chi connectivity index (χ4v) is 13.3. The number of benzene rings is 10. The molecule has 132 heavy (non-hydrogen) atoms. The summed E-state index contributed by atoms with van der Waals surface area (Å²) in [6.45, 7) is 5.61. The number of non-ortho nitro benzene ring substituents is 2. The number of amides is 2. The molecule has 18 aromatic rings. The highest BCUT2D eigenvalue weighted by Gasteiger charge is 2.22. The van der Waals surface area contributed by atoms with Gasteiger partial charge in [-0.1, -0.05) is 124 Å². The summed E-state index contributed by atoms with van der Waals surface area (Å²) in [7, 11) is 0. The van der Waals surface area contributed by atoms with Gasteiger partial charge in [0.2, 0.25) is 6.08 Å². The Morgan fingerprint density at radius 2 is 0.818 bits per heavy atom. The first kappa shape index (κ1) is 91.9. The van der Waals surface area contributed by atoms with Gasteiger partial charge in [-0.3, -0.25) is 39.4 Å². The molecule has 26 nitrogen and oxygen atoms in total. The first-order chi connectivity index (χ1) is 64.1. The molecule has 2 amide bonds. The maximum atomic E-state index is 13.4. The molecule has 0 unspecified atom stereocenters. The third kappa shape index (κ3) is 24.5. The van der Waals surface area contributed by atoms with Crippen LogP contribution in [0.2, 0.25) is 0 Å². The van der Waals surface area contributed by atoms with Crippen LogP contribution < -0.4 is 25.8 Å². The average Bonchev–Trinajstić information content (AvgIpc) is 1.64. The van der Waals surface area contributed by atoms with Crippen molar-refractivity contribution in [2.24, 2.45) is 4.99 Å². The number of nitrogens with two attached hydrogens (primary N) is 1. The van der Waals surface area contributed by atoms with Crippen LogP contribution in [0.5, 0.6) is 11.5 Å². The van der Waals surface area contributed by atoms with Crippen LogP contribution in [0, 0.1) is 43.5 Å². The smallest absolute Gasteiger partial charge is 0.323 e. The topological polar surface area (TPSA) is 384 Å². The number of nitrogens with one attached hydrogen (secondary N) is 6. The number of isocyanates is 1. The maximum Gasteiger partial charge on any atom is 0.323 e. The molecular weight excluding hydrogens is 1690 g/mol. The molecule has 0 atom stereocenters. The van der Waals surface area contributed by atoms with Crippen LogP contribution in [0.3, 0.4) is 0 Å². The fourth-order valence-electron chi connectivity index (χ4n) is 13.3. The summed E-state index contributed by atoms with van der Waals surface area (Å²) in [4.78, 5) is 125. The molecule has 10 aromatic carbocycles. The van der Waals surface area contributed by atoms with E-state index in [1.807, 2.05) is 42.6 Å². The number of pyridine rings is 4. The second-order valence-electron chi connectivity index (χ2n) is 29.3. The molecule has 0 saturated heterocycles. The van der Waals surface area contributed by atoms with Crippen molar-refractivity contribution in [2.75, 3.05) is 29.6 Å². The first-order valence-electron chi connectivity index (χ1n) is 41.1.